The molecule has 1 saturated heterocycles. The van der Waals surface area contributed by atoms with Crippen LogP contribution in [0.15, 0.2) is 54.7 Å². The summed E-state index contributed by atoms with van der Waals surface area (Å²) in [6, 6.07) is 11.8. The molecule has 1 amide bonds. The van der Waals surface area contributed by atoms with Gasteiger partial charge in [-0.15, -0.1) is 0 Å². The van der Waals surface area contributed by atoms with Gasteiger partial charge in [0, 0.05) is 26.2 Å². The van der Waals surface area contributed by atoms with Crippen molar-refractivity contribution < 1.29 is 18.3 Å². The highest BCUT2D eigenvalue weighted by atomic mass is 19.1. The third-order valence-electron chi connectivity index (χ3n) is 5.07. The molecule has 0 aliphatic carbocycles. The van der Waals surface area contributed by atoms with Gasteiger partial charge in [0.2, 0.25) is 0 Å². The second-order valence-corrected chi connectivity index (χ2v) is 7.27. The van der Waals surface area contributed by atoms with Crippen LogP contribution in [0.25, 0.3) is 5.69 Å². The van der Waals surface area contributed by atoms with E-state index in [1.54, 1.807) is 35.4 Å². The normalized spacial score (nSPS) is 14.7. The van der Waals surface area contributed by atoms with Gasteiger partial charge in [0.1, 0.15) is 18.2 Å². The van der Waals surface area contributed by atoms with Crippen LogP contribution in [0.3, 0.4) is 0 Å². The molecule has 1 aromatic heterocycles. The van der Waals surface area contributed by atoms with Gasteiger partial charge in [-0.3, -0.25) is 4.79 Å². The van der Waals surface area contributed by atoms with Crippen LogP contribution in [-0.4, -0.2) is 58.7 Å². The van der Waals surface area contributed by atoms with Crippen molar-refractivity contribution in [2.24, 2.45) is 0 Å². The van der Waals surface area contributed by atoms with Crippen LogP contribution < -0.4 is 4.74 Å². The highest BCUT2D eigenvalue weighted by Gasteiger charge is 2.26. The lowest BCUT2D eigenvalue weighted by molar-refractivity contribution is 0.0653. The minimum Gasteiger partial charge on any atom is -0.485 e. The first-order chi connectivity index (χ1) is 14.5. The van der Waals surface area contributed by atoms with Crippen molar-refractivity contribution in [3.63, 3.8) is 0 Å². The van der Waals surface area contributed by atoms with E-state index in [9.17, 15) is 13.6 Å². The van der Waals surface area contributed by atoms with Gasteiger partial charge in [-0.05, 0) is 49.0 Å². The Morgan fingerprint density at radius 3 is 2.20 bits per heavy atom. The molecule has 0 unspecified atom stereocenters. The topological polar surface area (TPSA) is 50.6 Å². The largest absolute Gasteiger partial charge is 0.485 e. The van der Waals surface area contributed by atoms with Crippen LogP contribution in [0.1, 0.15) is 16.1 Å². The summed E-state index contributed by atoms with van der Waals surface area (Å²) in [5, 5.41) is 4.44. The number of carbonyl (C=O) groups is 1. The summed E-state index contributed by atoms with van der Waals surface area (Å²) in [4.78, 5) is 17.0. The first-order valence-corrected chi connectivity index (χ1v) is 9.70. The Labute approximate surface area is 173 Å². The first kappa shape index (κ1) is 20.0. The summed E-state index contributed by atoms with van der Waals surface area (Å²) in [6.45, 7) is 2.96. The maximum absolute atomic E-state index is 13.3. The van der Waals surface area contributed by atoms with Crippen molar-refractivity contribution in [3.05, 3.63) is 77.6 Å². The molecule has 8 heteroatoms. The molecule has 1 aliphatic rings. The van der Waals surface area contributed by atoms with Crippen molar-refractivity contribution in [1.82, 2.24) is 19.6 Å². The van der Waals surface area contributed by atoms with E-state index in [1.165, 1.54) is 28.9 Å². The van der Waals surface area contributed by atoms with Gasteiger partial charge >= 0.3 is 0 Å². The summed E-state index contributed by atoms with van der Waals surface area (Å²) in [7, 11) is 2.02. The van der Waals surface area contributed by atoms with Crippen molar-refractivity contribution in [2.75, 3.05) is 33.2 Å². The zero-order valence-electron chi connectivity index (χ0n) is 16.6. The number of piperazine rings is 1. The molecule has 1 aliphatic heterocycles. The lowest BCUT2D eigenvalue weighted by atomic mass is 10.2. The van der Waals surface area contributed by atoms with E-state index in [0.29, 0.717) is 24.5 Å². The van der Waals surface area contributed by atoms with Gasteiger partial charge in [-0.25, -0.2) is 13.5 Å². The number of hydrogen-bond acceptors (Lipinski definition) is 4. The molecule has 2 heterocycles. The van der Waals surface area contributed by atoms with E-state index in [-0.39, 0.29) is 29.8 Å². The molecule has 0 atom stereocenters. The smallest absolute Gasteiger partial charge is 0.278 e. The predicted octanol–water partition coefficient (Wildman–Crippen LogP) is 3.12. The van der Waals surface area contributed by atoms with Crippen molar-refractivity contribution in [2.45, 2.75) is 6.61 Å². The lowest BCUT2D eigenvalue weighted by Gasteiger charge is -2.32. The van der Waals surface area contributed by atoms with Crippen molar-refractivity contribution in [1.29, 1.82) is 0 Å². The second kappa shape index (κ2) is 8.62. The molecule has 4 rings (SSSR count). The number of ether oxygens (including phenoxy) is 1. The summed E-state index contributed by atoms with van der Waals surface area (Å²) in [5.74, 6) is -0.563. The predicted molar refractivity (Wildman–Crippen MR) is 108 cm³/mol. The Hall–Kier alpha value is -3.26. The minimum atomic E-state index is -0.354. The SMILES string of the molecule is CN1CCN(C(=O)c2nn(-c3ccc(F)cc3)cc2OCc2ccc(F)cc2)CC1. The Balaban J connectivity index is 1.61. The molecule has 6 nitrogen and oxygen atoms in total. The quantitative estimate of drug-likeness (QED) is 0.646. The third-order valence-corrected chi connectivity index (χ3v) is 5.07. The van der Waals surface area contributed by atoms with Gasteiger partial charge in [-0.1, -0.05) is 12.1 Å². The van der Waals surface area contributed by atoms with Crippen LogP contribution in [0.4, 0.5) is 8.78 Å². The summed E-state index contributed by atoms with van der Waals surface area (Å²) >= 11 is 0. The number of aromatic nitrogens is 2. The minimum absolute atomic E-state index is 0.165. The second-order valence-electron chi connectivity index (χ2n) is 7.27. The highest BCUT2D eigenvalue weighted by Crippen LogP contribution is 2.23. The van der Waals surface area contributed by atoms with Crippen LogP contribution in [-0.2, 0) is 6.61 Å². The molecule has 2 aromatic carbocycles. The maximum Gasteiger partial charge on any atom is 0.278 e. The van der Waals surface area contributed by atoms with Crippen LogP contribution >= 0.6 is 0 Å². The first-order valence-electron chi connectivity index (χ1n) is 9.70. The molecule has 0 bridgehead atoms. The van der Waals surface area contributed by atoms with E-state index < -0.39 is 0 Å². The van der Waals surface area contributed by atoms with Gasteiger partial charge in [-0.2, -0.15) is 5.10 Å². The number of nitrogens with zero attached hydrogens (tertiary/aromatic N) is 4. The molecular formula is C22H22F2N4O2. The summed E-state index contributed by atoms with van der Waals surface area (Å²) < 4.78 is 33.8. The van der Waals surface area contributed by atoms with Crippen LogP contribution in [0.2, 0.25) is 0 Å². The summed E-state index contributed by atoms with van der Waals surface area (Å²) in [5.41, 5.74) is 1.58. The molecule has 3 aromatic rings. The fraction of sp³-hybridized carbons (Fsp3) is 0.273. The lowest BCUT2D eigenvalue weighted by Crippen LogP contribution is -2.47. The zero-order chi connectivity index (χ0) is 21.1. The van der Waals surface area contributed by atoms with Gasteiger partial charge in [0.05, 0.1) is 11.9 Å². The Kier molecular flexibility index (Phi) is 5.76. The van der Waals surface area contributed by atoms with Gasteiger partial charge in [0.25, 0.3) is 5.91 Å². The number of halogens is 2. The number of hydrogen-bond donors (Lipinski definition) is 0. The third kappa shape index (κ3) is 4.49. The van der Waals surface area contributed by atoms with E-state index in [1.807, 2.05) is 7.05 Å². The van der Waals surface area contributed by atoms with E-state index >= 15 is 0 Å². The van der Waals surface area contributed by atoms with Crippen molar-refractivity contribution >= 4 is 5.91 Å². The molecule has 1 fully saturated rings. The fourth-order valence-corrected chi connectivity index (χ4v) is 3.24. The molecule has 0 saturated carbocycles. The highest BCUT2D eigenvalue weighted by molar-refractivity contribution is 5.95. The molecule has 156 valence electrons. The molecule has 0 spiro atoms. The average Bonchev–Trinajstić information content (AvgIpc) is 3.18. The van der Waals surface area contributed by atoms with Gasteiger partial charge in [0.15, 0.2) is 11.4 Å². The number of benzene rings is 2. The van der Waals surface area contributed by atoms with Crippen LogP contribution in [0.5, 0.6) is 5.75 Å². The van der Waals surface area contributed by atoms with Crippen molar-refractivity contribution in [3.8, 4) is 11.4 Å². The molecule has 30 heavy (non-hydrogen) atoms. The van der Waals surface area contributed by atoms with Crippen LogP contribution in [0, 0.1) is 11.6 Å². The Morgan fingerprint density at radius 1 is 0.967 bits per heavy atom. The Bertz CT molecular complexity index is 1010. The number of amides is 1. The van der Waals surface area contributed by atoms with E-state index in [4.69, 9.17) is 4.74 Å². The average molecular weight is 412 g/mol. The number of rotatable bonds is 5. The standard InChI is InChI=1S/C22H22F2N4O2/c1-26-10-12-27(13-11-26)22(29)21-20(30-15-16-2-4-17(23)5-3-16)14-28(25-21)19-8-6-18(24)7-9-19/h2-9,14H,10-13,15H2,1H3. The monoisotopic (exact) mass is 412 g/mol. The van der Waals surface area contributed by atoms with Gasteiger partial charge < -0.3 is 14.5 Å². The fourth-order valence-electron chi connectivity index (χ4n) is 3.24. The zero-order valence-corrected chi connectivity index (χ0v) is 16.6. The Morgan fingerprint density at radius 2 is 1.57 bits per heavy atom. The van der Waals surface area contributed by atoms with E-state index in [2.05, 4.69) is 10.00 Å². The molecule has 0 N–H and O–H groups in total. The summed E-state index contributed by atoms with van der Waals surface area (Å²) in [6.07, 6.45) is 1.61. The molecular weight excluding hydrogens is 390 g/mol. The molecule has 0 radical (unpaired) electrons. The van der Waals surface area contributed by atoms with E-state index in [0.717, 1.165) is 18.7 Å². The number of carbonyl (C=O) groups excluding carboxylic acids is 1. The maximum atomic E-state index is 13.3. The number of likely N-dealkylation sites (N-methyl/N-ethyl adjacent to an activating group) is 1.